The van der Waals surface area contributed by atoms with E-state index in [1.54, 1.807) is 18.2 Å². The average Bonchev–Trinajstić information content (AvgIpc) is 3.04. The third-order valence-corrected chi connectivity index (χ3v) is 3.60. The number of carbonyl (C=O) groups is 1. The lowest BCUT2D eigenvalue weighted by molar-refractivity contribution is -0.160. The third kappa shape index (κ3) is 2.81. The number of hydrogen-bond donors (Lipinski definition) is 2. The van der Waals surface area contributed by atoms with Crippen LogP contribution in [0, 0.1) is 0 Å². The standard InChI is InChI=1S/C17H17NO4/c19-15-9-5-4-8-14(15)16(20)18-12-17(21-10-11-22-17)13-6-2-1-3-7-13/h1-9,19H,10-12H2,(H,18,20). The maximum atomic E-state index is 12.2. The number of hydrogen-bond acceptors (Lipinski definition) is 4. The molecule has 0 aliphatic carbocycles. The summed E-state index contributed by atoms with van der Waals surface area (Å²) in [7, 11) is 0. The second kappa shape index (κ2) is 6.17. The molecule has 0 unspecified atom stereocenters. The van der Waals surface area contributed by atoms with Gasteiger partial charge >= 0.3 is 0 Å². The summed E-state index contributed by atoms with van der Waals surface area (Å²) in [5.74, 6) is -1.39. The molecule has 2 aromatic carbocycles. The van der Waals surface area contributed by atoms with E-state index in [4.69, 9.17) is 9.47 Å². The number of carbonyl (C=O) groups excluding carboxylic acids is 1. The van der Waals surface area contributed by atoms with E-state index in [1.807, 2.05) is 30.3 Å². The Balaban J connectivity index is 1.76. The van der Waals surface area contributed by atoms with Crippen LogP contribution in [0.1, 0.15) is 15.9 Å². The normalized spacial score (nSPS) is 16.4. The third-order valence-electron chi connectivity index (χ3n) is 3.60. The Labute approximate surface area is 128 Å². The Morgan fingerprint density at radius 3 is 2.36 bits per heavy atom. The molecule has 2 N–H and O–H groups in total. The molecule has 0 radical (unpaired) electrons. The molecule has 5 heteroatoms. The molecular formula is C17H17NO4. The maximum Gasteiger partial charge on any atom is 0.255 e. The van der Waals surface area contributed by atoms with Gasteiger partial charge < -0.3 is 19.9 Å². The predicted molar refractivity (Wildman–Crippen MR) is 80.5 cm³/mol. The summed E-state index contributed by atoms with van der Waals surface area (Å²) in [6.45, 7) is 1.12. The van der Waals surface area contributed by atoms with E-state index in [-0.39, 0.29) is 23.8 Å². The summed E-state index contributed by atoms with van der Waals surface area (Å²) in [5, 5.41) is 12.5. The second-order valence-electron chi connectivity index (χ2n) is 5.02. The van der Waals surface area contributed by atoms with Crippen molar-refractivity contribution in [3.05, 3.63) is 65.7 Å². The topological polar surface area (TPSA) is 67.8 Å². The van der Waals surface area contributed by atoms with E-state index in [0.29, 0.717) is 13.2 Å². The van der Waals surface area contributed by atoms with E-state index in [0.717, 1.165) is 5.56 Å². The molecule has 5 nitrogen and oxygen atoms in total. The number of rotatable bonds is 4. The Hall–Kier alpha value is -2.37. The fraction of sp³-hybridized carbons (Fsp3) is 0.235. The van der Waals surface area contributed by atoms with E-state index in [2.05, 4.69) is 5.32 Å². The van der Waals surface area contributed by atoms with E-state index in [1.165, 1.54) is 6.07 Å². The Morgan fingerprint density at radius 2 is 1.68 bits per heavy atom. The molecular weight excluding hydrogens is 282 g/mol. The highest BCUT2D eigenvalue weighted by molar-refractivity contribution is 5.96. The zero-order valence-electron chi connectivity index (χ0n) is 12.0. The number of para-hydroxylation sites is 1. The van der Waals surface area contributed by atoms with Gasteiger partial charge in [-0.1, -0.05) is 42.5 Å². The monoisotopic (exact) mass is 299 g/mol. The number of ether oxygens (including phenoxy) is 2. The minimum absolute atomic E-state index is 0.0537. The second-order valence-corrected chi connectivity index (χ2v) is 5.02. The summed E-state index contributed by atoms with van der Waals surface area (Å²) in [6, 6.07) is 15.9. The van der Waals surface area contributed by atoms with Gasteiger partial charge in [-0.3, -0.25) is 4.79 Å². The molecule has 1 fully saturated rings. The summed E-state index contributed by atoms with van der Waals surface area (Å²) in [4.78, 5) is 12.2. The molecule has 1 amide bonds. The molecule has 0 atom stereocenters. The quantitative estimate of drug-likeness (QED) is 0.906. The SMILES string of the molecule is O=C(NCC1(c2ccccc2)OCCO1)c1ccccc1O. The van der Waals surface area contributed by atoms with Gasteiger partial charge in [-0.25, -0.2) is 0 Å². The number of benzene rings is 2. The molecule has 3 rings (SSSR count). The summed E-state index contributed by atoms with van der Waals surface area (Å²) < 4.78 is 11.5. The van der Waals surface area contributed by atoms with E-state index >= 15 is 0 Å². The van der Waals surface area contributed by atoms with Crippen molar-refractivity contribution in [1.29, 1.82) is 0 Å². The van der Waals surface area contributed by atoms with Gasteiger partial charge in [0.1, 0.15) is 5.75 Å². The minimum atomic E-state index is -0.971. The first kappa shape index (κ1) is 14.6. The fourth-order valence-electron chi connectivity index (χ4n) is 2.48. The number of phenolic OH excluding ortho intramolecular Hbond substituents is 1. The van der Waals surface area contributed by atoms with Crippen molar-refractivity contribution >= 4 is 5.91 Å². The number of phenols is 1. The molecule has 1 aliphatic rings. The Bertz CT molecular complexity index is 651. The van der Waals surface area contributed by atoms with E-state index < -0.39 is 5.79 Å². The van der Waals surface area contributed by atoms with Crippen LogP contribution in [0.25, 0.3) is 0 Å². The molecule has 0 spiro atoms. The van der Waals surface area contributed by atoms with Crippen LogP contribution in [0.2, 0.25) is 0 Å². The molecule has 0 saturated carbocycles. The van der Waals surface area contributed by atoms with Crippen LogP contribution in [-0.4, -0.2) is 30.8 Å². The summed E-state index contributed by atoms with van der Waals surface area (Å²) in [6.07, 6.45) is 0. The average molecular weight is 299 g/mol. The van der Waals surface area contributed by atoms with Gasteiger partial charge in [0.05, 0.1) is 25.3 Å². The van der Waals surface area contributed by atoms with Crippen LogP contribution >= 0.6 is 0 Å². The van der Waals surface area contributed by atoms with Crippen molar-refractivity contribution in [3.63, 3.8) is 0 Å². The van der Waals surface area contributed by atoms with Crippen LogP contribution in [0.3, 0.4) is 0 Å². The highest BCUT2D eigenvalue weighted by Crippen LogP contribution is 2.30. The Kier molecular flexibility index (Phi) is 4.09. The lowest BCUT2D eigenvalue weighted by Crippen LogP contribution is -2.41. The summed E-state index contributed by atoms with van der Waals surface area (Å²) >= 11 is 0. The molecule has 1 aliphatic heterocycles. The van der Waals surface area contributed by atoms with Crippen LogP contribution < -0.4 is 5.32 Å². The van der Waals surface area contributed by atoms with Gasteiger partial charge in [-0.05, 0) is 12.1 Å². The van der Waals surface area contributed by atoms with Gasteiger partial charge in [-0.15, -0.1) is 0 Å². The lowest BCUT2D eigenvalue weighted by Gasteiger charge is -2.28. The fourth-order valence-corrected chi connectivity index (χ4v) is 2.48. The van der Waals surface area contributed by atoms with Crippen molar-refractivity contribution in [2.24, 2.45) is 0 Å². The largest absolute Gasteiger partial charge is 0.507 e. The van der Waals surface area contributed by atoms with Crippen LogP contribution in [0.5, 0.6) is 5.75 Å². The smallest absolute Gasteiger partial charge is 0.255 e. The number of aromatic hydroxyl groups is 1. The van der Waals surface area contributed by atoms with Crippen molar-refractivity contribution in [2.75, 3.05) is 19.8 Å². The number of nitrogens with one attached hydrogen (secondary N) is 1. The van der Waals surface area contributed by atoms with Gasteiger partial charge in [0, 0.05) is 5.56 Å². The van der Waals surface area contributed by atoms with Gasteiger partial charge in [-0.2, -0.15) is 0 Å². The van der Waals surface area contributed by atoms with Crippen molar-refractivity contribution in [3.8, 4) is 5.75 Å². The zero-order valence-corrected chi connectivity index (χ0v) is 12.0. The summed E-state index contributed by atoms with van der Waals surface area (Å²) in [5.41, 5.74) is 1.08. The van der Waals surface area contributed by atoms with Crippen molar-refractivity contribution in [2.45, 2.75) is 5.79 Å². The molecule has 2 aromatic rings. The first-order valence-corrected chi connectivity index (χ1v) is 7.11. The van der Waals surface area contributed by atoms with Gasteiger partial charge in [0.2, 0.25) is 5.79 Å². The first-order chi connectivity index (χ1) is 10.7. The Morgan fingerprint density at radius 1 is 1.05 bits per heavy atom. The minimum Gasteiger partial charge on any atom is -0.507 e. The first-order valence-electron chi connectivity index (χ1n) is 7.11. The lowest BCUT2D eigenvalue weighted by atomic mass is 10.1. The molecule has 114 valence electrons. The van der Waals surface area contributed by atoms with Gasteiger partial charge in [0.25, 0.3) is 5.91 Å². The van der Waals surface area contributed by atoms with Crippen LogP contribution in [0.4, 0.5) is 0 Å². The maximum absolute atomic E-state index is 12.2. The molecule has 0 aromatic heterocycles. The highest BCUT2D eigenvalue weighted by atomic mass is 16.7. The van der Waals surface area contributed by atoms with E-state index in [9.17, 15) is 9.90 Å². The molecule has 1 heterocycles. The highest BCUT2D eigenvalue weighted by Gasteiger charge is 2.39. The van der Waals surface area contributed by atoms with Crippen molar-refractivity contribution < 1.29 is 19.4 Å². The molecule has 0 bridgehead atoms. The molecule has 22 heavy (non-hydrogen) atoms. The predicted octanol–water partition coefficient (Wildman–Crippen LogP) is 2.02. The zero-order chi connectivity index (χ0) is 15.4. The van der Waals surface area contributed by atoms with Crippen LogP contribution in [0.15, 0.2) is 54.6 Å². The van der Waals surface area contributed by atoms with Crippen molar-refractivity contribution in [1.82, 2.24) is 5.32 Å². The van der Waals surface area contributed by atoms with Gasteiger partial charge in [0.15, 0.2) is 0 Å². The van der Waals surface area contributed by atoms with Crippen LogP contribution in [-0.2, 0) is 15.3 Å². The number of amides is 1. The molecule has 1 saturated heterocycles.